The lowest BCUT2D eigenvalue weighted by Crippen LogP contribution is -2.30. The van der Waals surface area contributed by atoms with Gasteiger partial charge in [-0.05, 0) is 103 Å². The third-order valence-electron chi connectivity index (χ3n) is 15.3. The van der Waals surface area contributed by atoms with Gasteiger partial charge in [-0.3, -0.25) is 14.4 Å². The topological polar surface area (TPSA) is 78.9 Å². The fourth-order valence-corrected chi connectivity index (χ4v) is 10.1. The minimum absolute atomic E-state index is 0.0753. The van der Waals surface area contributed by atoms with Crippen LogP contribution in [0.1, 0.15) is 348 Å². The molecule has 0 aromatic rings. The first-order chi connectivity index (χ1) is 40.5. The number of rotatable bonds is 64. The SMILES string of the molecule is CC/C=C\C/C=C\C/C=C\C/C=C\C/C=C\C/C=C\CCCCCCCCCCCCCCC(=O)OCC(COC(=O)CCCCCCCCCCCCCC)OC(=O)CCCCCCCCCCC/C=C\C/C=C\CCCCCCC. The van der Waals surface area contributed by atoms with Gasteiger partial charge in [-0.25, -0.2) is 0 Å². The summed E-state index contributed by atoms with van der Waals surface area (Å²) in [6.45, 7) is 6.55. The molecule has 0 rings (SSSR count). The van der Waals surface area contributed by atoms with E-state index in [4.69, 9.17) is 14.2 Å². The smallest absolute Gasteiger partial charge is 0.306 e. The number of hydrogen-bond donors (Lipinski definition) is 0. The first kappa shape index (κ1) is 78.3. The van der Waals surface area contributed by atoms with Gasteiger partial charge in [-0.15, -0.1) is 0 Å². The summed E-state index contributed by atoms with van der Waals surface area (Å²) in [5, 5.41) is 0. The number of carbonyl (C=O) groups is 3. The summed E-state index contributed by atoms with van der Waals surface area (Å²) >= 11 is 0. The van der Waals surface area contributed by atoms with Crippen molar-refractivity contribution in [3.05, 3.63) is 97.2 Å². The van der Waals surface area contributed by atoms with Crippen LogP contribution in [0.4, 0.5) is 0 Å². The Kier molecular flexibility index (Phi) is 66.7. The zero-order valence-electron chi connectivity index (χ0n) is 54.2. The van der Waals surface area contributed by atoms with Crippen LogP contribution >= 0.6 is 0 Å². The van der Waals surface area contributed by atoms with Gasteiger partial charge < -0.3 is 14.2 Å². The summed E-state index contributed by atoms with van der Waals surface area (Å²) in [7, 11) is 0. The zero-order valence-corrected chi connectivity index (χ0v) is 54.2. The molecular formula is C76H132O6. The van der Waals surface area contributed by atoms with E-state index in [2.05, 4.69) is 118 Å². The predicted molar refractivity (Wildman–Crippen MR) is 357 cm³/mol. The number of ether oxygens (including phenoxy) is 3. The van der Waals surface area contributed by atoms with E-state index in [9.17, 15) is 14.4 Å². The molecule has 0 amide bonds. The molecule has 6 nitrogen and oxygen atoms in total. The second-order valence-electron chi connectivity index (χ2n) is 23.4. The molecule has 0 saturated carbocycles. The maximum absolute atomic E-state index is 12.9. The molecule has 6 heteroatoms. The molecule has 0 aromatic heterocycles. The Morgan fingerprint density at radius 1 is 0.256 bits per heavy atom. The highest BCUT2D eigenvalue weighted by molar-refractivity contribution is 5.71. The van der Waals surface area contributed by atoms with Crippen molar-refractivity contribution in [1.82, 2.24) is 0 Å². The molecule has 0 aliphatic carbocycles. The van der Waals surface area contributed by atoms with Gasteiger partial charge in [0.1, 0.15) is 13.2 Å². The van der Waals surface area contributed by atoms with Crippen LogP contribution in [0.25, 0.3) is 0 Å². The van der Waals surface area contributed by atoms with Crippen LogP contribution < -0.4 is 0 Å². The van der Waals surface area contributed by atoms with E-state index in [0.717, 1.165) is 103 Å². The fraction of sp³-hybridized carbons (Fsp3) is 0.750. The average Bonchev–Trinajstić information content (AvgIpc) is 3.47. The molecule has 1 unspecified atom stereocenters. The first-order valence-electron chi connectivity index (χ1n) is 35.2. The van der Waals surface area contributed by atoms with E-state index in [0.29, 0.717) is 19.3 Å². The van der Waals surface area contributed by atoms with Gasteiger partial charge in [0.15, 0.2) is 6.10 Å². The van der Waals surface area contributed by atoms with Crippen LogP contribution in [0, 0.1) is 0 Å². The predicted octanol–water partition coefficient (Wildman–Crippen LogP) is 24.4. The molecular weight excluding hydrogens is 1010 g/mol. The molecule has 0 fully saturated rings. The number of allylic oxidation sites excluding steroid dienone is 16. The molecule has 0 aliphatic heterocycles. The van der Waals surface area contributed by atoms with Gasteiger partial charge in [0, 0.05) is 19.3 Å². The Morgan fingerprint density at radius 3 is 0.744 bits per heavy atom. The van der Waals surface area contributed by atoms with Crippen molar-refractivity contribution < 1.29 is 28.6 Å². The van der Waals surface area contributed by atoms with Gasteiger partial charge in [-0.2, -0.15) is 0 Å². The number of hydrogen-bond acceptors (Lipinski definition) is 6. The van der Waals surface area contributed by atoms with Crippen LogP contribution in [-0.2, 0) is 28.6 Å². The Morgan fingerprint density at radius 2 is 0.476 bits per heavy atom. The third kappa shape index (κ3) is 67.1. The van der Waals surface area contributed by atoms with Crippen LogP contribution in [0.2, 0.25) is 0 Å². The van der Waals surface area contributed by atoms with Crippen molar-refractivity contribution in [1.29, 1.82) is 0 Å². The van der Waals surface area contributed by atoms with Gasteiger partial charge >= 0.3 is 17.9 Å². The van der Waals surface area contributed by atoms with E-state index in [1.54, 1.807) is 0 Å². The maximum Gasteiger partial charge on any atom is 0.306 e. The Balaban J connectivity index is 4.24. The minimum Gasteiger partial charge on any atom is -0.462 e. The highest BCUT2D eigenvalue weighted by Gasteiger charge is 2.19. The van der Waals surface area contributed by atoms with Crippen LogP contribution in [0.5, 0.6) is 0 Å². The van der Waals surface area contributed by atoms with Gasteiger partial charge in [-0.1, -0.05) is 323 Å². The van der Waals surface area contributed by atoms with Crippen molar-refractivity contribution in [2.75, 3.05) is 13.2 Å². The molecule has 0 aromatic carbocycles. The summed E-state index contributed by atoms with van der Waals surface area (Å²) < 4.78 is 17.0. The minimum atomic E-state index is -0.780. The van der Waals surface area contributed by atoms with E-state index < -0.39 is 6.10 Å². The number of carbonyl (C=O) groups excluding carboxylic acids is 3. The zero-order chi connectivity index (χ0) is 59.2. The largest absolute Gasteiger partial charge is 0.462 e. The van der Waals surface area contributed by atoms with Crippen molar-refractivity contribution in [3.8, 4) is 0 Å². The summed E-state index contributed by atoms with van der Waals surface area (Å²) in [6, 6.07) is 0. The van der Waals surface area contributed by atoms with Gasteiger partial charge in [0.05, 0.1) is 0 Å². The van der Waals surface area contributed by atoms with Crippen molar-refractivity contribution in [2.45, 2.75) is 354 Å². The highest BCUT2D eigenvalue weighted by Crippen LogP contribution is 2.17. The quantitative estimate of drug-likeness (QED) is 0.0261. The second-order valence-corrected chi connectivity index (χ2v) is 23.4. The normalized spacial score (nSPS) is 12.7. The maximum atomic E-state index is 12.9. The second kappa shape index (κ2) is 69.8. The van der Waals surface area contributed by atoms with Crippen molar-refractivity contribution >= 4 is 17.9 Å². The summed E-state index contributed by atoms with van der Waals surface area (Å²) in [5.74, 6) is -0.865. The molecule has 0 radical (unpaired) electrons. The molecule has 82 heavy (non-hydrogen) atoms. The Hall–Kier alpha value is -3.67. The van der Waals surface area contributed by atoms with Crippen LogP contribution in [-0.4, -0.2) is 37.2 Å². The fourth-order valence-electron chi connectivity index (χ4n) is 10.1. The lowest BCUT2D eigenvalue weighted by Gasteiger charge is -2.18. The summed E-state index contributed by atoms with van der Waals surface area (Å²) in [4.78, 5) is 38.4. The van der Waals surface area contributed by atoms with Gasteiger partial charge in [0.2, 0.25) is 0 Å². The first-order valence-corrected chi connectivity index (χ1v) is 35.2. The molecule has 0 heterocycles. The molecule has 0 aliphatic rings. The van der Waals surface area contributed by atoms with Crippen LogP contribution in [0.15, 0.2) is 97.2 Å². The molecule has 0 saturated heterocycles. The lowest BCUT2D eigenvalue weighted by molar-refractivity contribution is -0.167. The standard InChI is InChI=1S/C76H132O6/c1-4-7-10-13-16-19-22-25-27-29-31-33-34-35-36-37-38-39-40-41-42-44-45-47-49-51-54-57-60-63-66-69-75(78)81-72-73(71-80-74(77)68-65-62-59-56-53-24-21-18-15-12-9-6-3)82-76(79)70-67-64-61-58-55-52-50-48-46-43-32-30-28-26-23-20-17-14-11-8-5-2/h7,10,16,19,23,25-27,30-33,35-36,38-39,73H,4-6,8-9,11-15,17-18,20-22,24,28-29,34,37,40-72H2,1-3H3/b10-7-,19-16-,26-23-,27-25-,32-30-,33-31-,36-35-,39-38-. The number of unbranched alkanes of at least 4 members (excludes halogenated alkanes) is 37. The number of esters is 3. The third-order valence-corrected chi connectivity index (χ3v) is 15.3. The van der Waals surface area contributed by atoms with Crippen molar-refractivity contribution in [3.63, 3.8) is 0 Å². The Labute approximate surface area is 508 Å². The summed E-state index contributed by atoms with van der Waals surface area (Å²) in [5.41, 5.74) is 0. The Bertz CT molecular complexity index is 1590. The van der Waals surface area contributed by atoms with Crippen LogP contribution in [0.3, 0.4) is 0 Å². The van der Waals surface area contributed by atoms with E-state index in [1.807, 2.05) is 0 Å². The van der Waals surface area contributed by atoms with E-state index in [1.165, 1.54) is 205 Å². The monoisotopic (exact) mass is 1140 g/mol. The average molecular weight is 1140 g/mol. The molecule has 472 valence electrons. The lowest BCUT2D eigenvalue weighted by atomic mass is 10.0. The summed E-state index contributed by atoms with van der Waals surface area (Å²) in [6.07, 6.45) is 94.3. The molecule has 0 N–H and O–H groups in total. The molecule has 0 spiro atoms. The molecule has 1 atom stereocenters. The van der Waals surface area contributed by atoms with Gasteiger partial charge in [0.25, 0.3) is 0 Å². The van der Waals surface area contributed by atoms with Crippen molar-refractivity contribution in [2.24, 2.45) is 0 Å². The van der Waals surface area contributed by atoms with E-state index >= 15 is 0 Å². The van der Waals surface area contributed by atoms with E-state index in [-0.39, 0.29) is 31.1 Å². The highest BCUT2D eigenvalue weighted by atomic mass is 16.6. The molecule has 0 bridgehead atoms.